The zero-order valence-electron chi connectivity index (χ0n) is 17.1. The highest BCUT2D eigenvalue weighted by Crippen LogP contribution is 2.41. The minimum Gasteiger partial charge on any atom is -0.135 e. The van der Waals surface area contributed by atoms with E-state index in [0.717, 1.165) is 0 Å². The molecule has 0 fully saturated rings. The lowest BCUT2D eigenvalue weighted by Crippen LogP contribution is -1.84. The van der Waals surface area contributed by atoms with E-state index in [9.17, 15) is 0 Å². The van der Waals surface area contributed by atoms with Gasteiger partial charge in [0.25, 0.3) is 0 Å². The first kappa shape index (κ1) is 19.3. The van der Waals surface area contributed by atoms with E-state index in [2.05, 4.69) is 127 Å². The fourth-order valence-electron chi connectivity index (χ4n) is 3.82. The molecule has 0 atom stereocenters. The second-order valence-corrected chi connectivity index (χ2v) is 8.50. The van der Waals surface area contributed by atoms with E-state index in [4.69, 9.17) is 0 Å². The highest BCUT2D eigenvalue weighted by Gasteiger charge is 2.14. The smallest absolute Gasteiger partial charge is 0.0361 e. The van der Waals surface area contributed by atoms with Crippen molar-refractivity contribution >= 4 is 45.7 Å². The maximum absolute atomic E-state index is 2.26. The highest BCUT2D eigenvalue weighted by molar-refractivity contribution is 7.20. The predicted octanol–water partition coefficient (Wildman–Crippen LogP) is 8.91. The average molecular weight is 415 g/mol. The van der Waals surface area contributed by atoms with Crippen LogP contribution in [-0.4, -0.2) is 0 Å². The summed E-state index contributed by atoms with van der Waals surface area (Å²) in [4.78, 5) is 1.28. The normalized spacial score (nSPS) is 11.6. The van der Waals surface area contributed by atoms with Crippen molar-refractivity contribution in [2.24, 2.45) is 0 Å². The number of benzene rings is 4. The summed E-state index contributed by atoms with van der Waals surface area (Å²) >= 11 is 1.85. The molecule has 0 nitrogen and oxygen atoms in total. The van der Waals surface area contributed by atoms with Gasteiger partial charge in [0.2, 0.25) is 0 Å². The van der Waals surface area contributed by atoms with Crippen LogP contribution < -0.4 is 0 Å². The zero-order chi connectivity index (χ0) is 20.9. The summed E-state index contributed by atoms with van der Waals surface area (Å²) in [6.45, 7) is 0. The largest absolute Gasteiger partial charge is 0.135 e. The lowest BCUT2D eigenvalue weighted by atomic mass is 9.96. The number of rotatable bonds is 5. The molecular weight excluding hydrogens is 392 g/mol. The van der Waals surface area contributed by atoms with Crippen LogP contribution in [-0.2, 0) is 0 Å². The molecule has 0 amide bonds. The van der Waals surface area contributed by atoms with Crippen LogP contribution in [0.2, 0.25) is 0 Å². The van der Waals surface area contributed by atoms with Crippen molar-refractivity contribution in [3.63, 3.8) is 0 Å². The molecule has 1 aromatic heterocycles. The van der Waals surface area contributed by atoms with Crippen LogP contribution in [0.3, 0.4) is 0 Å². The Balaban J connectivity index is 1.64. The summed E-state index contributed by atoms with van der Waals surface area (Å²) in [5.74, 6) is 0. The van der Waals surface area contributed by atoms with Crippen LogP contribution in [0, 0.1) is 0 Å². The van der Waals surface area contributed by atoms with Gasteiger partial charge in [-0.3, -0.25) is 0 Å². The van der Waals surface area contributed by atoms with Gasteiger partial charge in [-0.15, -0.1) is 11.3 Å². The van der Waals surface area contributed by atoms with E-state index in [0.29, 0.717) is 0 Å². The third kappa shape index (κ3) is 4.28. The van der Waals surface area contributed by atoms with Crippen LogP contribution >= 0.6 is 11.3 Å². The van der Waals surface area contributed by atoms with Gasteiger partial charge < -0.3 is 0 Å². The van der Waals surface area contributed by atoms with Gasteiger partial charge in [-0.25, -0.2) is 0 Å². The Morgan fingerprint density at radius 3 is 1.81 bits per heavy atom. The number of hydrogen-bond donors (Lipinski definition) is 0. The molecular formula is C30H22S. The molecule has 0 radical (unpaired) electrons. The molecule has 0 bridgehead atoms. The molecule has 1 heteroatoms. The van der Waals surface area contributed by atoms with Crippen LogP contribution in [0.15, 0.2) is 109 Å². The highest BCUT2D eigenvalue weighted by atomic mass is 32.1. The van der Waals surface area contributed by atoms with Crippen LogP contribution in [0.4, 0.5) is 0 Å². The van der Waals surface area contributed by atoms with Crippen molar-refractivity contribution in [2.45, 2.75) is 0 Å². The third-order valence-corrected chi connectivity index (χ3v) is 6.47. The summed E-state index contributed by atoms with van der Waals surface area (Å²) in [6.07, 6.45) is 8.87. The molecule has 0 saturated carbocycles. The molecule has 0 aliphatic carbocycles. The van der Waals surface area contributed by atoms with E-state index in [-0.39, 0.29) is 0 Å². The van der Waals surface area contributed by atoms with Crippen molar-refractivity contribution in [2.75, 3.05) is 0 Å². The zero-order valence-corrected chi connectivity index (χ0v) is 17.9. The van der Waals surface area contributed by atoms with Gasteiger partial charge in [-0.05, 0) is 34.4 Å². The Hall–Kier alpha value is -3.68. The Bertz CT molecular complexity index is 1360. The molecule has 5 aromatic rings. The van der Waals surface area contributed by atoms with Gasteiger partial charge in [0, 0.05) is 20.5 Å². The summed E-state index contributed by atoms with van der Waals surface area (Å²) in [5, 5.41) is 1.31. The Kier molecular flexibility index (Phi) is 5.60. The average Bonchev–Trinajstić information content (AvgIpc) is 3.21. The van der Waals surface area contributed by atoms with Crippen molar-refractivity contribution in [1.82, 2.24) is 0 Å². The second kappa shape index (κ2) is 8.99. The maximum atomic E-state index is 2.26. The van der Waals surface area contributed by atoms with Crippen LogP contribution in [0.1, 0.15) is 21.6 Å². The van der Waals surface area contributed by atoms with Gasteiger partial charge in [-0.2, -0.15) is 0 Å². The minimum atomic E-state index is 1.21. The molecule has 0 aliphatic rings. The number of thiophene rings is 1. The molecule has 0 aliphatic heterocycles. The van der Waals surface area contributed by atoms with E-state index >= 15 is 0 Å². The van der Waals surface area contributed by atoms with Gasteiger partial charge in [0.1, 0.15) is 0 Å². The Morgan fingerprint density at radius 2 is 1.06 bits per heavy atom. The van der Waals surface area contributed by atoms with Gasteiger partial charge >= 0.3 is 0 Å². The van der Waals surface area contributed by atoms with E-state index in [1.807, 2.05) is 17.4 Å². The first-order chi connectivity index (χ1) is 15.4. The summed E-state index contributed by atoms with van der Waals surface area (Å²) in [7, 11) is 0. The van der Waals surface area contributed by atoms with Crippen molar-refractivity contribution in [3.8, 4) is 11.1 Å². The molecule has 31 heavy (non-hydrogen) atoms. The predicted molar refractivity (Wildman–Crippen MR) is 138 cm³/mol. The molecule has 0 spiro atoms. The molecule has 148 valence electrons. The molecule has 1 heterocycles. The van der Waals surface area contributed by atoms with Crippen molar-refractivity contribution in [1.29, 1.82) is 0 Å². The topological polar surface area (TPSA) is 0 Å². The molecule has 4 aromatic carbocycles. The van der Waals surface area contributed by atoms with Crippen molar-refractivity contribution in [3.05, 3.63) is 131 Å². The molecule has 5 rings (SSSR count). The summed E-state index contributed by atoms with van der Waals surface area (Å²) in [6, 6.07) is 38.3. The third-order valence-electron chi connectivity index (χ3n) is 5.33. The molecule has 0 saturated heterocycles. The SMILES string of the molecule is C(=Cc1ccccc1-c1c(C=Cc2ccccc2)sc2ccccc12)c1ccccc1. The first-order valence-corrected chi connectivity index (χ1v) is 11.3. The maximum Gasteiger partial charge on any atom is 0.0361 e. The fraction of sp³-hybridized carbons (Fsp3) is 0. The quantitative estimate of drug-likeness (QED) is 0.252. The Labute approximate surface area is 187 Å². The fourth-order valence-corrected chi connectivity index (χ4v) is 4.94. The minimum absolute atomic E-state index is 1.21. The molecule has 0 unspecified atom stereocenters. The van der Waals surface area contributed by atoms with Gasteiger partial charge in [-0.1, -0.05) is 121 Å². The summed E-state index contributed by atoms with van der Waals surface area (Å²) in [5.41, 5.74) is 6.21. The number of hydrogen-bond acceptors (Lipinski definition) is 1. The van der Waals surface area contributed by atoms with Gasteiger partial charge in [0.05, 0.1) is 0 Å². The summed E-state index contributed by atoms with van der Waals surface area (Å²) < 4.78 is 1.31. The standard InChI is InChI=1S/C30H22S/c1-3-11-23(12-4-1)19-21-25-15-7-8-16-26(25)30-27-17-9-10-18-28(27)31-29(30)22-20-24-13-5-2-6-14-24/h1-22H. The van der Waals surface area contributed by atoms with Crippen LogP contribution in [0.25, 0.3) is 45.5 Å². The Morgan fingerprint density at radius 1 is 0.484 bits per heavy atom. The van der Waals surface area contributed by atoms with E-state index in [1.54, 1.807) is 0 Å². The van der Waals surface area contributed by atoms with Gasteiger partial charge in [0.15, 0.2) is 0 Å². The van der Waals surface area contributed by atoms with Crippen LogP contribution in [0.5, 0.6) is 0 Å². The van der Waals surface area contributed by atoms with Crippen molar-refractivity contribution < 1.29 is 0 Å². The van der Waals surface area contributed by atoms with E-state index in [1.165, 1.54) is 42.8 Å². The molecule has 0 N–H and O–H groups in total. The van der Waals surface area contributed by atoms with E-state index < -0.39 is 0 Å². The number of fused-ring (bicyclic) bond motifs is 1. The second-order valence-electron chi connectivity index (χ2n) is 7.41. The lowest BCUT2D eigenvalue weighted by Gasteiger charge is -2.08. The monoisotopic (exact) mass is 414 g/mol. The lowest BCUT2D eigenvalue weighted by molar-refractivity contribution is 1.63. The first-order valence-electron chi connectivity index (χ1n) is 10.5.